The highest BCUT2D eigenvalue weighted by atomic mass is 35.5. The van der Waals surface area contributed by atoms with E-state index in [1.807, 2.05) is 0 Å². The number of hydrogen-bond donors (Lipinski definition) is 1. The van der Waals surface area contributed by atoms with Crippen LogP contribution >= 0.6 is 23.2 Å². The number of halogens is 2. The minimum absolute atomic E-state index is 0.0514. The van der Waals surface area contributed by atoms with Gasteiger partial charge in [0, 0.05) is 12.8 Å². The summed E-state index contributed by atoms with van der Waals surface area (Å²) in [7, 11) is 0. The minimum Gasteiger partial charge on any atom is -0.379 e. The summed E-state index contributed by atoms with van der Waals surface area (Å²) in [5.74, 6) is -0.246. The molecule has 1 aliphatic heterocycles. The molecule has 6 heteroatoms. The lowest BCUT2D eigenvalue weighted by atomic mass is 10.2. The monoisotopic (exact) mass is 260 g/mol. The Bertz CT molecular complexity index is 406. The average molecular weight is 261 g/mol. The first-order valence-electron chi connectivity index (χ1n) is 4.86. The van der Waals surface area contributed by atoms with Crippen LogP contribution in [0.2, 0.25) is 10.2 Å². The molecule has 1 atom stereocenters. The number of carbonyl (C=O) groups excluding carboxylic acids is 1. The summed E-state index contributed by atoms with van der Waals surface area (Å²) in [6.45, 7) is 1.22. The van der Waals surface area contributed by atoms with Crippen molar-refractivity contribution in [1.29, 1.82) is 0 Å². The van der Waals surface area contributed by atoms with Gasteiger partial charge in [0.25, 0.3) is 5.91 Å². The highest BCUT2D eigenvalue weighted by Gasteiger charge is 2.20. The molecule has 16 heavy (non-hydrogen) atoms. The van der Waals surface area contributed by atoms with Crippen molar-refractivity contribution in [1.82, 2.24) is 10.3 Å². The number of amides is 1. The van der Waals surface area contributed by atoms with Crippen molar-refractivity contribution >= 4 is 29.1 Å². The van der Waals surface area contributed by atoms with E-state index < -0.39 is 0 Å². The average Bonchev–Trinajstić information content (AvgIpc) is 2.74. The van der Waals surface area contributed by atoms with Gasteiger partial charge in [-0.05, 0) is 12.5 Å². The molecule has 1 saturated heterocycles. The molecule has 2 heterocycles. The topological polar surface area (TPSA) is 51.2 Å². The Kier molecular flexibility index (Phi) is 3.63. The van der Waals surface area contributed by atoms with Crippen LogP contribution in [-0.4, -0.2) is 30.1 Å². The Labute approximate surface area is 103 Å². The maximum absolute atomic E-state index is 11.8. The Morgan fingerprint density at radius 1 is 1.56 bits per heavy atom. The van der Waals surface area contributed by atoms with Crippen LogP contribution in [-0.2, 0) is 4.74 Å². The number of aromatic nitrogens is 1. The van der Waals surface area contributed by atoms with Crippen molar-refractivity contribution < 1.29 is 9.53 Å². The smallest absolute Gasteiger partial charge is 0.253 e. The molecule has 0 saturated carbocycles. The van der Waals surface area contributed by atoms with Gasteiger partial charge in [-0.25, -0.2) is 4.98 Å². The van der Waals surface area contributed by atoms with Gasteiger partial charge in [0.2, 0.25) is 0 Å². The molecule has 1 N–H and O–H groups in total. The van der Waals surface area contributed by atoms with E-state index in [4.69, 9.17) is 27.9 Å². The summed E-state index contributed by atoms with van der Waals surface area (Å²) in [4.78, 5) is 15.6. The summed E-state index contributed by atoms with van der Waals surface area (Å²) in [5, 5.41) is 3.37. The number of hydrogen-bond acceptors (Lipinski definition) is 3. The number of carbonyl (C=O) groups is 1. The third-order valence-electron chi connectivity index (χ3n) is 2.33. The SMILES string of the molecule is O=C(NC1CCOC1)c1cc(Cl)ncc1Cl. The first kappa shape index (κ1) is 11.6. The second-order valence-corrected chi connectivity index (χ2v) is 4.32. The van der Waals surface area contributed by atoms with E-state index in [-0.39, 0.29) is 17.1 Å². The molecule has 4 nitrogen and oxygen atoms in total. The normalized spacial score (nSPS) is 19.8. The van der Waals surface area contributed by atoms with E-state index >= 15 is 0 Å². The van der Waals surface area contributed by atoms with Gasteiger partial charge in [-0.2, -0.15) is 0 Å². The minimum atomic E-state index is -0.246. The van der Waals surface area contributed by atoms with Gasteiger partial charge in [-0.1, -0.05) is 23.2 Å². The van der Waals surface area contributed by atoms with E-state index in [9.17, 15) is 4.79 Å². The van der Waals surface area contributed by atoms with Crippen molar-refractivity contribution in [3.63, 3.8) is 0 Å². The molecule has 1 aliphatic rings. The van der Waals surface area contributed by atoms with Gasteiger partial charge < -0.3 is 10.1 Å². The van der Waals surface area contributed by atoms with Crippen molar-refractivity contribution in [3.8, 4) is 0 Å². The van der Waals surface area contributed by atoms with Gasteiger partial charge in [-0.3, -0.25) is 4.79 Å². The second kappa shape index (κ2) is 4.99. The van der Waals surface area contributed by atoms with Crippen LogP contribution in [0.5, 0.6) is 0 Å². The van der Waals surface area contributed by atoms with Crippen LogP contribution in [0.25, 0.3) is 0 Å². The Morgan fingerprint density at radius 3 is 3.06 bits per heavy atom. The highest BCUT2D eigenvalue weighted by Crippen LogP contribution is 2.18. The third kappa shape index (κ3) is 2.64. The Morgan fingerprint density at radius 2 is 2.38 bits per heavy atom. The molecule has 0 radical (unpaired) electrons. The van der Waals surface area contributed by atoms with Crippen molar-refractivity contribution in [3.05, 3.63) is 28.0 Å². The van der Waals surface area contributed by atoms with E-state index in [1.165, 1.54) is 12.3 Å². The molecular formula is C10H10Cl2N2O2. The number of rotatable bonds is 2. The molecule has 0 bridgehead atoms. The third-order valence-corrected chi connectivity index (χ3v) is 2.84. The lowest BCUT2D eigenvalue weighted by Gasteiger charge is -2.11. The zero-order chi connectivity index (χ0) is 11.5. The Balaban J connectivity index is 2.10. The standard InChI is InChI=1S/C10H10Cl2N2O2/c11-8-4-13-9(12)3-7(8)10(15)14-6-1-2-16-5-6/h3-4,6H,1-2,5H2,(H,14,15). The predicted octanol–water partition coefficient (Wildman–Crippen LogP) is 1.91. The fourth-order valence-corrected chi connectivity index (χ4v) is 1.85. The molecule has 2 rings (SSSR count). The number of nitrogens with one attached hydrogen (secondary N) is 1. The fourth-order valence-electron chi connectivity index (χ4n) is 1.50. The molecule has 1 aromatic heterocycles. The van der Waals surface area contributed by atoms with Crippen molar-refractivity contribution in [2.24, 2.45) is 0 Å². The second-order valence-electron chi connectivity index (χ2n) is 3.52. The highest BCUT2D eigenvalue weighted by molar-refractivity contribution is 6.35. The first-order chi connectivity index (χ1) is 7.66. The molecule has 1 unspecified atom stereocenters. The molecule has 1 aromatic rings. The van der Waals surface area contributed by atoms with E-state index in [2.05, 4.69) is 10.3 Å². The van der Waals surface area contributed by atoms with Crippen molar-refractivity contribution in [2.45, 2.75) is 12.5 Å². The summed E-state index contributed by atoms with van der Waals surface area (Å²) in [6.07, 6.45) is 2.19. The number of ether oxygens (including phenoxy) is 1. The molecule has 0 spiro atoms. The summed E-state index contributed by atoms with van der Waals surface area (Å²) in [5.41, 5.74) is 0.341. The molecule has 1 amide bonds. The number of nitrogens with zero attached hydrogens (tertiary/aromatic N) is 1. The quantitative estimate of drug-likeness (QED) is 0.827. The molecule has 1 fully saturated rings. The van der Waals surface area contributed by atoms with Gasteiger partial charge in [-0.15, -0.1) is 0 Å². The zero-order valence-corrected chi connectivity index (χ0v) is 9.88. The maximum Gasteiger partial charge on any atom is 0.253 e. The van der Waals surface area contributed by atoms with Gasteiger partial charge in [0.05, 0.1) is 23.2 Å². The summed E-state index contributed by atoms with van der Waals surface area (Å²) in [6, 6.07) is 1.50. The first-order valence-corrected chi connectivity index (χ1v) is 5.62. The van der Waals surface area contributed by atoms with E-state index in [1.54, 1.807) is 0 Å². The lowest BCUT2D eigenvalue weighted by molar-refractivity contribution is 0.0930. The van der Waals surface area contributed by atoms with Crippen LogP contribution in [0, 0.1) is 0 Å². The van der Waals surface area contributed by atoms with Gasteiger partial charge in [0.1, 0.15) is 5.15 Å². The fraction of sp³-hybridized carbons (Fsp3) is 0.400. The maximum atomic E-state index is 11.8. The lowest BCUT2D eigenvalue weighted by Crippen LogP contribution is -2.35. The predicted molar refractivity (Wildman–Crippen MR) is 60.9 cm³/mol. The zero-order valence-electron chi connectivity index (χ0n) is 8.37. The van der Waals surface area contributed by atoms with E-state index in [0.717, 1.165) is 6.42 Å². The molecular weight excluding hydrogens is 251 g/mol. The van der Waals surface area contributed by atoms with Crippen LogP contribution in [0.1, 0.15) is 16.8 Å². The Hall–Kier alpha value is -0.840. The summed E-state index contributed by atoms with van der Waals surface area (Å²) < 4.78 is 5.16. The number of pyridine rings is 1. The van der Waals surface area contributed by atoms with Crippen molar-refractivity contribution in [2.75, 3.05) is 13.2 Å². The van der Waals surface area contributed by atoms with Crippen LogP contribution in [0.4, 0.5) is 0 Å². The molecule has 0 aromatic carbocycles. The summed E-state index contributed by atoms with van der Waals surface area (Å²) >= 11 is 11.6. The van der Waals surface area contributed by atoms with Gasteiger partial charge >= 0.3 is 0 Å². The van der Waals surface area contributed by atoms with Gasteiger partial charge in [0.15, 0.2) is 0 Å². The van der Waals surface area contributed by atoms with E-state index in [0.29, 0.717) is 23.8 Å². The molecule has 86 valence electrons. The van der Waals surface area contributed by atoms with Crippen LogP contribution < -0.4 is 5.32 Å². The largest absolute Gasteiger partial charge is 0.379 e. The van der Waals surface area contributed by atoms with Crippen LogP contribution in [0.15, 0.2) is 12.3 Å². The molecule has 0 aliphatic carbocycles. The van der Waals surface area contributed by atoms with Crippen LogP contribution in [0.3, 0.4) is 0 Å².